The summed E-state index contributed by atoms with van der Waals surface area (Å²) in [6.45, 7) is 1.93. The number of alkyl halides is 3. The summed E-state index contributed by atoms with van der Waals surface area (Å²) in [5.74, 6) is -2.64. The van der Waals surface area contributed by atoms with Gasteiger partial charge in [0.25, 0.3) is 0 Å². The van der Waals surface area contributed by atoms with Gasteiger partial charge in [0.1, 0.15) is 11.7 Å². The van der Waals surface area contributed by atoms with Crippen LogP contribution >= 0.6 is 0 Å². The van der Waals surface area contributed by atoms with Gasteiger partial charge in [-0.2, -0.15) is 18.3 Å². The molecular formula is C9H14F3N5O. The van der Waals surface area contributed by atoms with Gasteiger partial charge >= 0.3 is 6.18 Å². The maximum Gasteiger partial charge on any atom is 0.400 e. The zero-order chi connectivity index (χ0) is 13.8. The van der Waals surface area contributed by atoms with Crippen LogP contribution in [-0.2, 0) is 6.54 Å². The average Bonchev–Trinajstić information content (AvgIpc) is 2.75. The molecule has 9 heteroatoms. The van der Waals surface area contributed by atoms with Crippen molar-refractivity contribution in [3.05, 3.63) is 12.3 Å². The predicted octanol–water partition coefficient (Wildman–Crippen LogP) is 1.24. The SMILES string of the molecule is CCn1ccc(NCC(/C(N)=N/O)C(F)(F)F)n1. The number of oxime groups is 1. The van der Waals surface area contributed by atoms with Crippen LogP contribution in [0, 0.1) is 5.92 Å². The highest BCUT2D eigenvalue weighted by Gasteiger charge is 2.42. The first-order valence-electron chi connectivity index (χ1n) is 5.20. The van der Waals surface area contributed by atoms with Crippen LogP contribution in [0.25, 0.3) is 0 Å². The van der Waals surface area contributed by atoms with Crippen LogP contribution in [0.15, 0.2) is 17.4 Å². The van der Waals surface area contributed by atoms with Crippen molar-refractivity contribution in [2.75, 3.05) is 11.9 Å². The third-order valence-electron chi connectivity index (χ3n) is 2.32. The zero-order valence-corrected chi connectivity index (χ0v) is 9.65. The molecule has 0 aliphatic carbocycles. The highest BCUT2D eigenvalue weighted by atomic mass is 19.4. The molecule has 1 atom stereocenters. The summed E-state index contributed by atoms with van der Waals surface area (Å²) < 4.78 is 39.3. The van der Waals surface area contributed by atoms with E-state index < -0.39 is 24.5 Å². The van der Waals surface area contributed by atoms with Crippen molar-refractivity contribution in [3.63, 3.8) is 0 Å². The molecule has 1 aromatic rings. The van der Waals surface area contributed by atoms with Gasteiger partial charge < -0.3 is 16.3 Å². The molecular weight excluding hydrogens is 251 g/mol. The van der Waals surface area contributed by atoms with Gasteiger partial charge in [-0.1, -0.05) is 5.16 Å². The fourth-order valence-corrected chi connectivity index (χ4v) is 1.30. The molecule has 0 saturated carbocycles. The van der Waals surface area contributed by atoms with Gasteiger partial charge in [-0.05, 0) is 6.92 Å². The minimum atomic E-state index is -4.59. The standard InChI is InChI=1S/C9H14F3N5O/c1-2-17-4-3-7(15-17)14-5-6(8(13)16-18)9(10,11)12/h3-4,6,18H,2,5H2,1H3,(H2,13,16)(H,14,15). The summed E-state index contributed by atoms with van der Waals surface area (Å²) in [7, 11) is 0. The number of nitrogens with two attached hydrogens (primary N) is 1. The van der Waals surface area contributed by atoms with Crippen LogP contribution in [0.1, 0.15) is 6.92 Å². The van der Waals surface area contributed by atoms with Crippen molar-refractivity contribution in [2.45, 2.75) is 19.6 Å². The highest BCUT2D eigenvalue weighted by Crippen LogP contribution is 2.26. The largest absolute Gasteiger partial charge is 0.409 e. The van der Waals surface area contributed by atoms with Gasteiger partial charge in [0.2, 0.25) is 0 Å². The van der Waals surface area contributed by atoms with Crippen LogP contribution in [0.3, 0.4) is 0 Å². The number of hydrogen-bond donors (Lipinski definition) is 3. The molecule has 1 heterocycles. The topological polar surface area (TPSA) is 88.5 Å². The lowest BCUT2D eigenvalue weighted by Crippen LogP contribution is -2.40. The Morgan fingerprint density at radius 3 is 2.78 bits per heavy atom. The lowest BCUT2D eigenvalue weighted by Gasteiger charge is -2.18. The van der Waals surface area contributed by atoms with Crippen LogP contribution < -0.4 is 11.1 Å². The Kier molecular flexibility index (Phi) is 4.40. The summed E-state index contributed by atoms with van der Waals surface area (Å²) in [6, 6.07) is 1.54. The second-order valence-electron chi connectivity index (χ2n) is 3.56. The van der Waals surface area contributed by atoms with Crippen LogP contribution in [0.4, 0.5) is 19.0 Å². The van der Waals surface area contributed by atoms with Crippen molar-refractivity contribution in [1.82, 2.24) is 9.78 Å². The van der Waals surface area contributed by atoms with Crippen molar-refractivity contribution < 1.29 is 18.4 Å². The molecule has 0 aliphatic heterocycles. The molecule has 0 aromatic carbocycles. The first-order chi connectivity index (χ1) is 8.38. The Balaban J connectivity index is 2.68. The average molecular weight is 265 g/mol. The first kappa shape index (κ1) is 14.1. The number of aromatic nitrogens is 2. The summed E-state index contributed by atoms with van der Waals surface area (Å²) in [5.41, 5.74) is 5.01. The van der Waals surface area contributed by atoms with E-state index in [2.05, 4.69) is 15.6 Å². The number of halogens is 3. The Labute approximate surface area is 101 Å². The molecule has 0 aliphatic rings. The molecule has 4 N–H and O–H groups in total. The minimum absolute atomic E-state index is 0.303. The molecule has 0 saturated heterocycles. The summed E-state index contributed by atoms with van der Waals surface area (Å²) in [5, 5.41) is 17.2. The number of hydrogen-bond acceptors (Lipinski definition) is 4. The molecule has 6 nitrogen and oxygen atoms in total. The van der Waals surface area contributed by atoms with Gasteiger partial charge in [0.05, 0.1) is 0 Å². The zero-order valence-electron chi connectivity index (χ0n) is 9.65. The van der Waals surface area contributed by atoms with E-state index in [1.807, 2.05) is 6.92 Å². The second kappa shape index (κ2) is 5.61. The summed E-state index contributed by atoms with van der Waals surface area (Å²) >= 11 is 0. The fraction of sp³-hybridized carbons (Fsp3) is 0.556. The number of amidine groups is 1. The van der Waals surface area contributed by atoms with E-state index in [0.29, 0.717) is 12.4 Å². The maximum absolute atomic E-state index is 12.6. The van der Waals surface area contributed by atoms with Crippen LogP contribution in [-0.4, -0.2) is 33.5 Å². The third-order valence-corrected chi connectivity index (χ3v) is 2.32. The molecule has 0 fully saturated rings. The fourth-order valence-electron chi connectivity index (χ4n) is 1.30. The Hall–Kier alpha value is -1.93. The van der Waals surface area contributed by atoms with E-state index in [1.54, 1.807) is 16.9 Å². The van der Waals surface area contributed by atoms with E-state index in [9.17, 15) is 13.2 Å². The molecule has 1 aromatic heterocycles. The van der Waals surface area contributed by atoms with Gasteiger partial charge in [-0.15, -0.1) is 0 Å². The van der Waals surface area contributed by atoms with Crippen molar-refractivity contribution in [3.8, 4) is 0 Å². The Bertz CT molecular complexity index is 415. The summed E-state index contributed by atoms with van der Waals surface area (Å²) in [6.07, 6.45) is -2.95. The van der Waals surface area contributed by atoms with Crippen molar-refractivity contribution in [1.29, 1.82) is 0 Å². The van der Waals surface area contributed by atoms with Gasteiger partial charge in [0.15, 0.2) is 5.84 Å². The molecule has 0 amide bonds. The monoisotopic (exact) mass is 265 g/mol. The third kappa shape index (κ3) is 3.54. The lowest BCUT2D eigenvalue weighted by molar-refractivity contribution is -0.152. The first-order valence-corrected chi connectivity index (χ1v) is 5.20. The lowest BCUT2D eigenvalue weighted by atomic mass is 10.1. The Morgan fingerprint density at radius 1 is 1.67 bits per heavy atom. The van der Waals surface area contributed by atoms with Gasteiger partial charge in [0, 0.05) is 25.4 Å². The molecule has 18 heavy (non-hydrogen) atoms. The maximum atomic E-state index is 12.6. The number of nitrogens with one attached hydrogen (secondary N) is 1. The molecule has 0 bridgehead atoms. The van der Waals surface area contributed by atoms with E-state index in [0.717, 1.165) is 0 Å². The number of nitrogens with zero attached hydrogens (tertiary/aromatic N) is 3. The number of rotatable bonds is 5. The molecule has 1 unspecified atom stereocenters. The van der Waals surface area contributed by atoms with Crippen molar-refractivity contribution >= 4 is 11.7 Å². The molecule has 1 rings (SSSR count). The van der Waals surface area contributed by atoms with E-state index in [-0.39, 0.29) is 0 Å². The minimum Gasteiger partial charge on any atom is -0.409 e. The van der Waals surface area contributed by atoms with E-state index in [1.165, 1.54) is 0 Å². The summed E-state index contributed by atoms with van der Waals surface area (Å²) in [4.78, 5) is 0. The highest BCUT2D eigenvalue weighted by molar-refractivity contribution is 5.83. The van der Waals surface area contributed by atoms with Gasteiger partial charge in [-0.25, -0.2) is 0 Å². The smallest absolute Gasteiger partial charge is 0.400 e. The molecule has 102 valence electrons. The van der Waals surface area contributed by atoms with E-state index >= 15 is 0 Å². The van der Waals surface area contributed by atoms with Crippen LogP contribution in [0.2, 0.25) is 0 Å². The Morgan fingerprint density at radius 2 is 2.33 bits per heavy atom. The molecule has 0 spiro atoms. The molecule has 0 radical (unpaired) electrons. The number of anilines is 1. The predicted molar refractivity (Wildman–Crippen MR) is 59.3 cm³/mol. The quantitative estimate of drug-likeness (QED) is 0.323. The second-order valence-corrected chi connectivity index (χ2v) is 3.56. The normalized spacial score (nSPS) is 14.6. The number of aryl methyl sites for hydroxylation is 1. The van der Waals surface area contributed by atoms with Crippen molar-refractivity contribution in [2.24, 2.45) is 16.8 Å². The van der Waals surface area contributed by atoms with E-state index in [4.69, 9.17) is 10.9 Å². The van der Waals surface area contributed by atoms with Crippen LogP contribution in [0.5, 0.6) is 0 Å². The van der Waals surface area contributed by atoms with Gasteiger partial charge in [-0.3, -0.25) is 4.68 Å².